The normalized spacial score (nSPS) is 10.5. The van der Waals surface area contributed by atoms with E-state index in [1.165, 1.54) is 6.33 Å². The minimum atomic E-state index is -0.228. The van der Waals surface area contributed by atoms with E-state index < -0.39 is 0 Å². The third-order valence-corrected chi connectivity index (χ3v) is 3.58. The Morgan fingerprint density at radius 1 is 1.38 bits per heavy atom. The molecule has 1 aromatic carbocycles. The van der Waals surface area contributed by atoms with Gasteiger partial charge in [0.1, 0.15) is 12.2 Å². The van der Waals surface area contributed by atoms with Crippen LogP contribution < -0.4 is 10.6 Å². The number of rotatable bonds is 6. The van der Waals surface area contributed by atoms with Gasteiger partial charge in [-0.3, -0.25) is 5.10 Å². The van der Waals surface area contributed by atoms with Crippen LogP contribution in [-0.2, 0) is 6.42 Å². The first-order valence-electron chi connectivity index (χ1n) is 7.72. The lowest BCUT2D eigenvalue weighted by Crippen LogP contribution is -2.30. The third-order valence-electron chi connectivity index (χ3n) is 3.58. The fourth-order valence-electron chi connectivity index (χ4n) is 2.28. The smallest absolute Gasteiger partial charge is 0.319 e. The van der Waals surface area contributed by atoms with Gasteiger partial charge in [0, 0.05) is 31.0 Å². The molecular weight excluding hydrogens is 306 g/mol. The molecule has 0 atom stereocenters. The Balaban J connectivity index is 1.53. The first kappa shape index (κ1) is 15.7. The molecule has 0 saturated heterocycles. The lowest BCUT2D eigenvalue weighted by atomic mass is 10.2. The van der Waals surface area contributed by atoms with Crippen LogP contribution in [0.5, 0.6) is 0 Å². The summed E-state index contributed by atoms with van der Waals surface area (Å²) in [4.78, 5) is 16.1. The number of amides is 2. The highest BCUT2D eigenvalue weighted by Crippen LogP contribution is 2.19. The molecule has 3 N–H and O–H groups in total. The van der Waals surface area contributed by atoms with E-state index in [4.69, 9.17) is 0 Å². The van der Waals surface area contributed by atoms with Crippen LogP contribution in [0.25, 0.3) is 5.69 Å². The summed E-state index contributed by atoms with van der Waals surface area (Å²) in [5.74, 6) is 0.819. The maximum Gasteiger partial charge on any atom is 0.319 e. The summed E-state index contributed by atoms with van der Waals surface area (Å²) in [6.45, 7) is 2.51. The molecule has 3 aromatic rings. The summed E-state index contributed by atoms with van der Waals surface area (Å²) in [6.07, 6.45) is 6.58. The van der Waals surface area contributed by atoms with Gasteiger partial charge in [-0.25, -0.2) is 14.5 Å². The third kappa shape index (κ3) is 3.97. The van der Waals surface area contributed by atoms with E-state index in [-0.39, 0.29) is 6.03 Å². The minimum absolute atomic E-state index is 0.228. The Hall–Kier alpha value is -3.16. The van der Waals surface area contributed by atoms with Gasteiger partial charge in [-0.15, -0.1) is 0 Å². The molecule has 0 radical (unpaired) electrons. The Bertz CT molecular complexity index is 781. The summed E-state index contributed by atoms with van der Waals surface area (Å²) >= 11 is 0. The van der Waals surface area contributed by atoms with Crippen LogP contribution in [0.3, 0.4) is 0 Å². The summed E-state index contributed by atoms with van der Waals surface area (Å²) < 4.78 is 1.75. The summed E-state index contributed by atoms with van der Waals surface area (Å²) in [6, 6.07) is 7.44. The second-order valence-electron chi connectivity index (χ2n) is 5.37. The molecule has 8 heteroatoms. The molecule has 8 nitrogen and oxygen atoms in total. The molecule has 124 valence electrons. The quantitative estimate of drug-likeness (QED) is 0.604. The van der Waals surface area contributed by atoms with Crippen molar-refractivity contribution in [2.75, 3.05) is 11.9 Å². The van der Waals surface area contributed by atoms with Crippen LogP contribution in [0, 0.1) is 6.92 Å². The van der Waals surface area contributed by atoms with Crippen molar-refractivity contribution in [3.8, 4) is 5.69 Å². The van der Waals surface area contributed by atoms with Crippen LogP contribution >= 0.6 is 0 Å². The van der Waals surface area contributed by atoms with Crippen molar-refractivity contribution in [2.24, 2.45) is 0 Å². The van der Waals surface area contributed by atoms with Gasteiger partial charge in [-0.2, -0.15) is 10.2 Å². The van der Waals surface area contributed by atoms with Crippen molar-refractivity contribution in [3.63, 3.8) is 0 Å². The van der Waals surface area contributed by atoms with Gasteiger partial charge in [-0.1, -0.05) is 6.07 Å². The molecule has 0 spiro atoms. The number of benzene rings is 1. The molecule has 0 aliphatic carbocycles. The standard InChI is InChI=1S/C16H19N7O/c1-12-5-6-13(23-9-3-8-20-23)10-14(12)21-16(24)17-7-2-4-15-18-11-19-22-15/h3,5-6,8-11H,2,4,7H2,1H3,(H2,17,21,24)(H,18,19,22). The number of H-pyrrole nitrogens is 1. The van der Waals surface area contributed by atoms with Crippen LogP contribution in [0.15, 0.2) is 43.0 Å². The first-order valence-corrected chi connectivity index (χ1v) is 7.72. The van der Waals surface area contributed by atoms with Crippen molar-refractivity contribution in [3.05, 3.63) is 54.4 Å². The molecule has 2 aromatic heterocycles. The number of nitrogens with one attached hydrogen (secondary N) is 3. The zero-order chi connectivity index (χ0) is 16.8. The molecule has 0 bridgehead atoms. The molecule has 2 heterocycles. The van der Waals surface area contributed by atoms with Crippen molar-refractivity contribution < 1.29 is 4.79 Å². The maximum absolute atomic E-state index is 12.0. The largest absolute Gasteiger partial charge is 0.338 e. The molecular formula is C16H19N7O. The number of aromatic amines is 1. The van der Waals surface area contributed by atoms with Crippen LogP contribution in [0.2, 0.25) is 0 Å². The maximum atomic E-state index is 12.0. The molecule has 0 fully saturated rings. The molecule has 0 unspecified atom stereocenters. The Labute approximate surface area is 139 Å². The highest BCUT2D eigenvalue weighted by atomic mass is 16.2. The zero-order valence-electron chi connectivity index (χ0n) is 13.4. The van der Waals surface area contributed by atoms with Gasteiger partial charge in [0.05, 0.1) is 5.69 Å². The lowest BCUT2D eigenvalue weighted by molar-refractivity contribution is 0.252. The fraction of sp³-hybridized carbons (Fsp3) is 0.250. The highest BCUT2D eigenvalue weighted by Gasteiger charge is 2.06. The average Bonchev–Trinajstić information content (AvgIpc) is 3.27. The number of hydrogen-bond donors (Lipinski definition) is 3. The van der Waals surface area contributed by atoms with Gasteiger partial charge >= 0.3 is 6.03 Å². The lowest BCUT2D eigenvalue weighted by Gasteiger charge is -2.11. The minimum Gasteiger partial charge on any atom is -0.338 e. The van der Waals surface area contributed by atoms with Crippen molar-refractivity contribution in [1.82, 2.24) is 30.3 Å². The molecule has 24 heavy (non-hydrogen) atoms. The van der Waals surface area contributed by atoms with Gasteiger partial charge in [0.15, 0.2) is 0 Å². The summed E-state index contributed by atoms with van der Waals surface area (Å²) in [5, 5.41) is 16.5. The van der Waals surface area contributed by atoms with E-state index in [9.17, 15) is 4.79 Å². The number of carbonyl (C=O) groups excluding carboxylic acids is 1. The summed E-state index contributed by atoms with van der Waals surface area (Å²) in [7, 11) is 0. The van der Waals surface area contributed by atoms with Gasteiger partial charge in [0.25, 0.3) is 0 Å². The number of carbonyl (C=O) groups is 1. The van der Waals surface area contributed by atoms with E-state index in [0.29, 0.717) is 6.54 Å². The van der Waals surface area contributed by atoms with E-state index in [1.807, 2.05) is 37.4 Å². The highest BCUT2D eigenvalue weighted by molar-refractivity contribution is 5.90. The van der Waals surface area contributed by atoms with Crippen molar-refractivity contribution in [2.45, 2.75) is 19.8 Å². The average molecular weight is 325 g/mol. The Morgan fingerprint density at radius 2 is 2.29 bits per heavy atom. The number of aryl methyl sites for hydroxylation is 2. The Morgan fingerprint density at radius 3 is 3.04 bits per heavy atom. The Kier molecular flexibility index (Phi) is 4.85. The number of urea groups is 1. The topological polar surface area (TPSA) is 101 Å². The zero-order valence-corrected chi connectivity index (χ0v) is 13.4. The molecule has 3 rings (SSSR count). The molecule has 0 saturated carbocycles. The van der Waals surface area contributed by atoms with E-state index in [0.717, 1.165) is 35.6 Å². The first-order chi connectivity index (χ1) is 11.7. The molecule has 0 aliphatic heterocycles. The van der Waals surface area contributed by atoms with Gasteiger partial charge in [0.2, 0.25) is 0 Å². The fourth-order valence-corrected chi connectivity index (χ4v) is 2.28. The number of nitrogens with zero attached hydrogens (tertiary/aromatic N) is 4. The van der Waals surface area contributed by atoms with E-state index >= 15 is 0 Å². The van der Waals surface area contributed by atoms with Gasteiger partial charge in [-0.05, 0) is 37.1 Å². The van der Waals surface area contributed by atoms with E-state index in [1.54, 1.807) is 10.9 Å². The molecule has 2 amide bonds. The monoisotopic (exact) mass is 325 g/mol. The SMILES string of the molecule is Cc1ccc(-n2cccn2)cc1NC(=O)NCCCc1ncn[nH]1. The van der Waals surface area contributed by atoms with Crippen LogP contribution in [0.1, 0.15) is 17.8 Å². The second-order valence-corrected chi connectivity index (χ2v) is 5.37. The van der Waals surface area contributed by atoms with Crippen LogP contribution in [0.4, 0.5) is 10.5 Å². The number of aromatic nitrogens is 5. The summed E-state index contributed by atoms with van der Waals surface area (Å²) in [5.41, 5.74) is 2.64. The van der Waals surface area contributed by atoms with Gasteiger partial charge < -0.3 is 10.6 Å². The van der Waals surface area contributed by atoms with Crippen molar-refractivity contribution in [1.29, 1.82) is 0 Å². The van der Waals surface area contributed by atoms with E-state index in [2.05, 4.69) is 30.9 Å². The number of anilines is 1. The van der Waals surface area contributed by atoms with Crippen LogP contribution in [-0.4, -0.2) is 37.5 Å². The predicted molar refractivity (Wildman–Crippen MR) is 90.0 cm³/mol. The molecule has 0 aliphatic rings. The van der Waals surface area contributed by atoms with Crippen molar-refractivity contribution >= 4 is 11.7 Å². The predicted octanol–water partition coefficient (Wildman–Crippen LogP) is 2.05. The number of hydrogen-bond acceptors (Lipinski definition) is 4. The second kappa shape index (κ2) is 7.40.